The molecule has 0 fully saturated rings. The Morgan fingerprint density at radius 3 is 2.65 bits per heavy atom. The van der Waals surface area contributed by atoms with Crippen molar-refractivity contribution in [1.82, 2.24) is 14.5 Å². The van der Waals surface area contributed by atoms with E-state index in [2.05, 4.69) is 9.97 Å². The predicted molar refractivity (Wildman–Crippen MR) is 67.6 cm³/mol. The molecular weight excluding hydrogens is 234 g/mol. The maximum atomic E-state index is 7.82. The molecule has 0 aliphatic carbocycles. The Morgan fingerprint density at radius 2 is 2.00 bits per heavy atom. The zero-order valence-corrected chi connectivity index (χ0v) is 10.2. The number of rotatable bonds is 3. The van der Waals surface area contributed by atoms with E-state index in [0.717, 1.165) is 5.56 Å². The van der Waals surface area contributed by atoms with Crippen LogP contribution >= 0.6 is 11.8 Å². The van der Waals surface area contributed by atoms with Gasteiger partial charge >= 0.3 is 0 Å². The number of nitrogens with zero attached hydrogens (tertiary/aromatic N) is 3. The molecule has 0 bridgehead atoms. The Hall–Kier alpha value is -1.82. The lowest BCUT2D eigenvalue weighted by atomic mass is 10.2. The Kier molecular flexibility index (Phi) is 3.43. The van der Waals surface area contributed by atoms with E-state index >= 15 is 0 Å². The second-order valence-electron chi connectivity index (χ2n) is 3.46. The van der Waals surface area contributed by atoms with Gasteiger partial charge in [0, 0.05) is 0 Å². The minimum atomic E-state index is 0.130. The van der Waals surface area contributed by atoms with E-state index in [4.69, 9.17) is 11.1 Å². The molecule has 0 aliphatic rings. The van der Waals surface area contributed by atoms with E-state index in [1.54, 1.807) is 4.57 Å². The van der Waals surface area contributed by atoms with Crippen LogP contribution in [0.25, 0.3) is 0 Å². The smallest absolute Gasteiger partial charge is 0.227 e. The highest BCUT2D eigenvalue weighted by molar-refractivity contribution is 7.98. The normalized spacial score (nSPS) is 10.4. The molecule has 5 nitrogen and oxygen atoms in total. The summed E-state index contributed by atoms with van der Waals surface area (Å²) in [5.41, 5.74) is 6.76. The van der Waals surface area contributed by atoms with Crippen LogP contribution in [0.4, 0.5) is 5.95 Å². The lowest BCUT2D eigenvalue weighted by molar-refractivity contribution is 0.597. The molecule has 17 heavy (non-hydrogen) atoms. The van der Waals surface area contributed by atoms with Gasteiger partial charge in [0.15, 0.2) is 5.16 Å². The summed E-state index contributed by atoms with van der Waals surface area (Å²) in [5.74, 6) is 0.142. The summed E-state index contributed by atoms with van der Waals surface area (Å²) in [7, 11) is 0. The lowest BCUT2D eigenvalue weighted by Crippen LogP contribution is -2.27. The van der Waals surface area contributed by atoms with Crippen LogP contribution in [0.1, 0.15) is 5.56 Å². The summed E-state index contributed by atoms with van der Waals surface area (Å²) >= 11 is 1.45. The summed E-state index contributed by atoms with van der Waals surface area (Å²) in [5, 5.41) is 8.52. The average Bonchev–Trinajstić information content (AvgIpc) is 2.33. The molecule has 0 radical (unpaired) electrons. The predicted octanol–water partition coefficient (Wildman–Crippen LogP) is 1.11. The molecule has 1 aromatic heterocycles. The molecule has 0 saturated heterocycles. The van der Waals surface area contributed by atoms with Gasteiger partial charge in [-0.2, -0.15) is 9.97 Å². The third-order valence-electron chi connectivity index (χ3n) is 2.28. The number of thioether (sulfide) groups is 1. The molecular formula is C11H13N5S. The summed E-state index contributed by atoms with van der Waals surface area (Å²) in [6.07, 6.45) is 1.91. The number of nitrogens with one attached hydrogen (secondary N) is 1. The third kappa shape index (κ3) is 2.65. The average molecular weight is 247 g/mol. The van der Waals surface area contributed by atoms with Crippen molar-refractivity contribution in [3.63, 3.8) is 0 Å². The van der Waals surface area contributed by atoms with E-state index in [-0.39, 0.29) is 11.6 Å². The number of benzene rings is 1. The molecule has 0 atom stereocenters. The lowest BCUT2D eigenvalue weighted by Gasteiger charge is -2.10. The zero-order chi connectivity index (χ0) is 12.3. The fraction of sp³-hybridized carbons (Fsp3) is 0.182. The van der Waals surface area contributed by atoms with Gasteiger partial charge in [-0.15, -0.1) is 0 Å². The molecule has 1 aromatic carbocycles. The van der Waals surface area contributed by atoms with Crippen LogP contribution < -0.4 is 11.4 Å². The first kappa shape index (κ1) is 11.7. The van der Waals surface area contributed by atoms with Crippen LogP contribution in [0.2, 0.25) is 0 Å². The number of hydrogen-bond donors (Lipinski definition) is 2. The van der Waals surface area contributed by atoms with Crippen LogP contribution in [0, 0.1) is 5.41 Å². The first-order chi connectivity index (χ1) is 8.20. The van der Waals surface area contributed by atoms with Crippen LogP contribution in [0.15, 0.2) is 35.5 Å². The van der Waals surface area contributed by atoms with Crippen molar-refractivity contribution < 1.29 is 0 Å². The minimum Gasteiger partial charge on any atom is -0.368 e. The Labute approximate surface area is 103 Å². The highest BCUT2D eigenvalue weighted by Crippen LogP contribution is 2.11. The van der Waals surface area contributed by atoms with Crippen molar-refractivity contribution in [3.05, 3.63) is 41.5 Å². The van der Waals surface area contributed by atoms with Gasteiger partial charge in [0.25, 0.3) is 0 Å². The van der Waals surface area contributed by atoms with Crippen molar-refractivity contribution >= 4 is 17.7 Å². The number of nitrogen functional groups attached to an aromatic ring is 1. The molecule has 0 unspecified atom stereocenters. The third-order valence-corrected chi connectivity index (χ3v) is 2.96. The van der Waals surface area contributed by atoms with E-state index in [0.29, 0.717) is 11.7 Å². The largest absolute Gasteiger partial charge is 0.368 e. The molecule has 0 saturated carbocycles. The van der Waals surface area contributed by atoms with Gasteiger partial charge in [-0.1, -0.05) is 42.1 Å². The molecule has 1 heterocycles. The van der Waals surface area contributed by atoms with Gasteiger partial charge in [-0.25, -0.2) is 0 Å². The molecule has 0 amide bonds. The summed E-state index contributed by atoms with van der Waals surface area (Å²) in [4.78, 5) is 7.98. The fourth-order valence-electron chi connectivity index (χ4n) is 1.51. The molecule has 0 aliphatic heterocycles. The number of aromatic nitrogens is 3. The number of nitrogens with two attached hydrogens (primary N) is 1. The SMILES string of the molecule is CSc1nc(N)nc(=N)n1Cc1ccccc1. The topological polar surface area (TPSA) is 80.6 Å². The first-order valence-corrected chi connectivity index (χ1v) is 6.30. The second kappa shape index (κ2) is 5.01. The first-order valence-electron chi connectivity index (χ1n) is 5.07. The second-order valence-corrected chi connectivity index (χ2v) is 4.24. The monoisotopic (exact) mass is 247 g/mol. The summed E-state index contributed by atoms with van der Waals surface area (Å²) < 4.78 is 1.73. The van der Waals surface area contributed by atoms with Crippen LogP contribution in [0.3, 0.4) is 0 Å². The van der Waals surface area contributed by atoms with Gasteiger partial charge in [0.2, 0.25) is 11.6 Å². The van der Waals surface area contributed by atoms with Crippen LogP contribution in [-0.4, -0.2) is 20.8 Å². The molecule has 0 spiro atoms. The van der Waals surface area contributed by atoms with Crippen molar-refractivity contribution in [3.8, 4) is 0 Å². The maximum Gasteiger partial charge on any atom is 0.227 e. The molecule has 2 rings (SSSR count). The van der Waals surface area contributed by atoms with E-state index in [1.165, 1.54) is 11.8 Å². The Morgan fingerprint density at radius 1 is 1.29 bits per heavy atom. The van der Waals surface area contributed by atoms with Crippen LogP contribution in [-0.2, 0) is 6.54 Å². The van der Waals surface area contributed by atoms with Gasteiger partial charge < -0.3 is 5.73 Å². The van der Waals surface area contributed by atoms with Crippen molar-refractivity contribution in [2.24, 2.45) is 0 Å². The van der Waals surface area contributed by atoms with Crippen molar-refractivity contribution in [1.29, 1.82) is 5.41 Å². The van der Waals surface area contributed by atoms with Crippen molar-refractivity contribution in [2.75, 3.05) is 12.0 Å². The molecule has 6 heteroatoms. The van der Waals surface area contributed by atoms with Gasteiger partial charge in [-0.3, -0.25) is 9.98 Å². The molecule has 2 aromatic rings. The fourth-order valence-corrected chi connectivity index (χ4v) is 2.06. The Balaban J connectivity index is 2.42. The van der Waals surface area contributed by atoms with Crippen LogP contribution in [0.5, 0.6) is 0 Å². The summed E-state index contributed by atoms with van der Waals surface area (Å²) in [6.45, 7) is 0.579. The maximum absolute atomic E-state index is 7.82. The standard InChI is InChI=1S/C11H13N5S/c1-17-11-15-9(12)14-10(13)16(11)7-8-5-3-2-4-6-8/h2-6H,7H2,1H3,(H3,12,13,14). The van der Waals surface area contributed by atoms with Gasteiger partial charge in [0.05, 0.1) is 6.54 Å². The Bertz CT molecular complexity index is 564. The van der Waals surface area contributed by atoms with Crippen molar-refractivity contribution in [2.45, 2.75) is 11.7 Å². The number of hydrogen-bond acceptors (Lipinski definition) is 5. The molecule has 3 N–H and O–H groups in total. The zero-order valence-electron chi connectivity index (χ0n) is 9.42. The van der Waals surface area contributed by atoms with Gasteiger partial charge in [0.1, 0.15) is 0 Å². The quantitative estimate of drug-likeness (QED) is 0.796. The molecule has 88 valence electrons. The summed E-state index contributed by atoms with van der Waals surface area (Å²) in [6, 6.07) is 9.91. The van der Waals surface area contributed by atoms with E-state index < -0.39 is 0 Å². The van der Waals surface area contributed by atoms with Gasteiger partial charge in [-0.05, 0) is 11.8 Å². The van der Waals surface area contributed by atoms with E-state index in [9.17, 15) is 0 Å². The van der Waals surface area contributed by atoms with E-state index in [1.807, 2.05) is 36.6 Å². The minimum absolute atomic E-state index is 0.130. The number of anilines is 1. The highest BCUT2D eigenvalue weighted by Gasteiger charge is 2.06. The highest BCUT2D eigenvalue weighted by atomic mass is 32.2.